The highest BCUT2D eigenvalue weighted by atomic mass is 32.2. The van der Waals surface area contributed by atoms with Crippen LogP contribution in [0.3, 0.4) is 0 Å². The van der Waals surface area contributed by atoms with Gasteiger partial charge in [-0.25, -0.2) is 0 Å². The maximum atomic E-state index is 10.9. The van der Waals surface area contributed by atoms with Crippen LogP contribution >= 0.6 is 0 Å². The fourth-order valence-electron chi connectivity index (χ4n) is 1.99. The lowest BCUT2D eigenvalue weighted by Gasteiger charge is -2.28. The fraction of sp³-hybridized carbons (Fsp3) is 0.692. The van der Waals surface area contributed by atoms with Crippen LogP contribution in [-0.2, 0) is 19.0 Å². The molecule has 0 fully saturated rings. The van der Waals surface area contributed by atoms with Crippen molar-refractivity contribution in [3.63, 3.8) is 0 Å². The van der Waals surface area contributed by atoms with E-state index in [9.17, 15) is 8.42 Å². The zero-order valence-corrected chi connectivity index (χ0v) is 12.2. The molecule has 0 aromatic heterocycles. The average Bonchev–Trinajstić information content (AvgIpc) is 2.79. The summed E-state index contributed by atoms with van der Waals surface area (Å²) in [4.78, 5) is 2.02. The molecule has 0 radical (unpaired) electrons. The molecule has 19 heavy (non-hydrogen) atoms. The standard InChI is InChI=1S/C13H21NO4S/c1-4-7-14(8-10-18-19(3,15)16)12(2)11-13-6-5-9-17-13/h1,5,9,12-13H,6-8,10-11H2,2-3H3. The molecule has 108 valence electrons. The van der Waals surface area contributed by atoms with Crippen molar-refractivity contribution >= 4 is 10.1 Å². The Morgan fingerprint density at radius 1 is 1.63 bits per heavy atom. The van der Waals surface area contributed by atoms with Gasteiger partial charge in [0.15, 0.2) is 0 Å². The second kappa shape index (κ2) is 7.53. The van der Waals surface area contributed by atoms with E-state index >= 15 is 0 Å². The molecule has 0 saturated heterocycles. The summed E-state index contributed by atoms with van der Waals surface area (Å²) in [5, 5.41) is 0. The molecule has 1 aliphatic rings. The molecular weight excluding hydrogens is 266 g/mol. The Hall–Kier alpha value is -1.03. The molecule has 5 nitrogen and oxygen atoms in total. The van der Waals surface area contributed by atoms with Gasteiger partial charge in [-0.2, -0.15) is 8.42 Å². The van der Waals surface area contributed by atoms with Crippen molar-refractivity contribution in [2.75, 3.05) is 26.0 Å². The van der Waals surface area contributed by atoms with Crippen molar-refractivity contribution in [2.45, 2.75) is 31.9 Å². The normalized spacial score (nSPS) is 20.2. The quantitative estimate of drug-likeness (QED) is 0.492. The maximum absolute atomic E-state index is 10.9. The molecule has 6 heteroatoms. The maximum Gasteiger partial charge on any atom is 0.264 e. The highest BCUT2D eigenvalue weighted by molar-refractivity contribution is 7.85. The Bertz CT molecular complexity index is 430. The SMILES string of the molecule is C#CCN(CCOS(C)(=O)=O)C(C)CC1CC=CO1. The van der Waals surface area contributed by atoms with E-state index in [2.05, 4.69) is 12.8 Å². The summed E-state index contributed by atoms with van der Waals surface area (Å²) in [7, 11) is -3.40. The molecule has 0 bridgehead atoms. The van der Waals surface area contributed by atoms with Crippen LogP contribution in [0.1, 0.15) is 19.8 Å². The van der Waals surface area contributed by atoms with Crippen LogP contribution in [0.4, 0.5) is 0 Å². The number of terminal acetylenes is 1. The molecule has 0 aliphatic carbocycles. The van der Waals surface area contributed by atoms with Crippen molar-refractivity contribution in [2.24, 2.45) is 0 Å². The van der Waals surface area contributed by atoms with E-state index in [1.807, 2.05) is 11.0 Å². The van der Waals surface area contributed by atoms with E-state index in [0.29, 0.717) is 13.1 Å². The minimum Gasteiger partial charge on any atom is -0.498 e. The van der Waals surface area contributed by atoms with E-state index in [4.69, 9.17) is 15.3 Å². The van der Waals surface area contributed by atoms with E-state index in [1.165, 1.54) is 0 Å². The lowest BCUT2D eigenvalue weighted by atomic mass is 10.1. The van der Waals surface area contributed by atoms with Crippen LogP contribution in [0.25, 0.3) is 0 Å². The largest absolute Gasteiger partial charge is 0.498 e. The van der Waals surface area contributed by atoms with Crippen molar-refractivity contribution < 1.29 is 17.3 Å². The average molecular weight is 287 g/mol. The molecule has 1 heterocycles. The predicted molar refractivity (Wildman–Crippen MR) is 73.9 cm³/mol. The summed E-state index contributed by atoms with van der Waals surface area (Å²) in [5.74, 6) is 2.59. The molecule has 2 unspecified atom stereocenters. The van der Waals surface area contributed by atoms with Gasteiger partial charge >= 0.3 is 0 Å². The van der Waals surface area contributed by atoms with Gasteiger partial charge in [-0.1, -0.05) is 5.92 Å². The highest BCUT2D eigenvalue weighted by Gasteiger charge is 2.20. The fourth-order valence-corrected chi connectivity index (χ4v) is 2.37. The van der Waals surface area contributed by atoms with Gasteiger partial charge in [0.25, 0.3) is 10.1 Å². The summed E-state index contributed by atoms with van der Waals surface area (Å²) in [5.41, 5.74) is 0. The first-order chi connectivity index (χ1) is 8.92. The van der Waals surface area contributed by atoms with Crippen molar-refractivity contribution in [3.8, 4) is 12.3 Å². The third kappa shape index (κ3) is 6.62. The molecule has 0 spiro atoms. The number of rotatable bonds is 8. The smallest absolute Gasteiger partial charge is 0.264 e. The Labute approximate surface area is 115 Å². The van der Waals surface area contributed by atoms with Gasteiger partial charge in [0.05, 0.1) is 25.7 Å². The van der Waals surface area contributed by atoms with Crippen molar-refractivity contribution in [3.05, 3.63) is 12.3 Å². The lowest BCUT2D eigenvalue weighted by Crippen LogP contribution is -2.38. The zero-order valence-electron chi connectivity index (χ0n) is 11.4. The van der Waals surface area contributed by atoms with Crippen LogP contribution in [0, 0.1) is 12.3 Å². The van der Waals surface area contributed by atoms with Gasteiger partial charge in [-0.3, -0.25) is 9.08 Å². The van der Waals surface area contributed by atoms with Crippen LogP contribution in [0.2, 0.25) is 0 Å². The second-order valence-electron chi connectivity index (χ2n) is 4.65. The monoisotopic (exact) mass is 287 g/mol. The molecule has 1 rings (SSSR count). The Kier molecular flexibility index (Phi) is 6.35. The van der Waals surface area contributed by atoms with Crippen molar-refractivity contribution in [1.82, 2.24) is 4.90 Å². The molecular formula is C13H21NO4S. The zero-order chi connectivity index (χ0) is 14.3. The van der Waals surface area contributed by atoms with Gasteiger partial charge in [0, 0.05) is 19.0 Å². The number of ether oxygens (including phenoxy) is 1. The minimum absolute atomic E-state index is 0.120. The Morgan fingerprint density at radius 2 is 2.37 bits per heavy atom. The van der Waals surface area contributed by atoms with Gasteiger partial charge in [-0.15, -0.1) is 6.42 Å². The van der Waals surface area contributed by atoms with E-state index < -0.39 is 10.1 Å². The Balaban J connectivity index is 2.39. The lowest BCUT2D eigenvalue weighted by molar-refractivity contribution is 0.107. The van der Waals surface area contributed by atoms with E-state index in [1.54, 1.807) is 6.26 Å². The van der Waals surface area contributed by atoms with Crippen LogP contribution in [0.5, 0.6) is 0 Å². The number of hydrogen-bond acceptors (Lipinski definition) is 5. The van der Waals surface area contributed by atoms with Gasteiger partial charge in [-0.05, 0) is 19.4 Å². The van der Waals surface area contributed by atoms with Gasteiger partial charge in [0.1, 0.15) is 6.10 Å². The summed E-state index contributed by atoms with van der Waals surface area (Å²) in [6, 6.07) is 0.212. The van der Waals surface area contributed by atoms with Gasteiger partial charge < -0.3 is 4.74 Å². The van der Waals surface area contributed by atoms with E-state index in [0.717, 1.165) is 19.1 Å². The summed E-state index contributed by atoms with van der Waals surface area (Å²) in [6.45, 7) is 3.13. The highest BCUT2D eigenvalue weighted by Crippen LogP contribution is 2.17. The topological polar surface area (TPSA) is 55.8 Å². The molecule has 0 aromatic carbocycles. The third-order valence-electron chi connectivity index (χ3n) is 2.96. The van der Waals surface area contributed by atoms with E-state index in [-0.39, 0.29) is 18.8 Å². The summed E-state index contributed by atoms with van der Waals surface area (Å²) < 4.78 is 32.0. The first-order valence-electron chi connectivity index (χ1n) is 6.24. The molecule has 0 N–H and O–H groups in total. The molecule has 0 aromatic rings. The minimum atomic E-state index is -3.40. The van der Waals surface area contributed by atoms with Crippen molar-refractivity contribution in [1.29, 1.82) is 0 Å². The predicted octanol–water partition coefficient (Wildman–Crippen LogP) is 0.979. The molecule has 2 atom stereocenters. The van der Waals surface area contributed by atoms with Crippen LogP contribution in [-0.4, -0.2) is 51.4 Å². The second-order valence-corrected chi connectivity index (χ2v) is 6.29. The molecule has 1 aliphatic heterocycles. The number of nitrogens with zero attached hydrogens (tertiary/aromatic N) is 1. The number of hydrogen-bond donors (Lipinski definition) is 0. The van der Waals surface area contributed by atoms with Crippen LogP contribution < -0.4 is 0 Å². The Morgan fingerprint density at radius 3 is 2.89 bits per heavy atom. The molecule has 0 amide bonds. The summed E-state index contributed by atoms with van der Waals surface area (Å²) >= 11 is 0. The first-order valence-corrected chi connectivity index (χ1v) is 8.06. The summed E-state index contributed by atoms with van der Waals surface area (Å²) in [6.07, 6.45) is 12.0. The first kappa shape index (κ1) is 16.0. The molecule has 0 saturated carbocycles. The third-order valence-corrected chi connectivity index (χ3v) is 3.56. The van der Waals surface area contributed by atoms with Gasteiger partial charge in [0.2, 0.25) is 0 Å². The van der Waals surface area contributed by atoms with Crippen LogP contribution in [0.15, 0.2) is 12.3 Å².